The molecule has 7 heteroatoms. The molecule has 5 rings (SSSR count). The summed E-state index contributed by atoms with van der Waals surface area (Å²) in [5.74, 6) is 2.36. The third-order valence-corrected chi connectivity index (χ3v) is 5.20. The highest BCUT2D eigenvalue weighted by atomic mass is 16.2. The largest absolute Gasteiger partial charge is 0.327 e. The summed E-state index contributed by atoms with van der Waals surface area (Å²) in [6.07, 6.45) is 5.92. The fourth-order valence-corrected chi connectivity index (χ4v) is 3.59. The number of carbonyl (C=O) groups excluding carboxylic acids is 1. The van der Waals surface area contributed by atoms with Crippen molar-refractivity contribution in [1.82, 2.24) is 29.4 Å². The van der Waals surface area contributed by atoms with Crippen LogP contribution in [0, 0.1) is 0 Å². The van der Waals surface area contributed by atoms with Crippen molar-refractivity contribution in [2.24, 2.45) is 0 Å². The van der Waals surface area contributed by atoms with Crippen LogP contribution in [-0.4, -0.2) is 41.9 Å². The predicted molar refractivity (Wildman–Crippen MR) is 95.0 cm³/mol. The lowest BCUT2D eigenvalue weighted by molar-refractivity contribution is 0.0630. The van der Waals surface area contributed by atoms with Crippen LogP contribution >= 0.6 is 0 Å². The Hall–Kier alpha value is -2.96. The highest BCUT2D eigenvalue weighted by molar-refractivity contribution is 5.98. The topological polar surface area (TPSA) is 68.8 Å². The minimum atomic E-state index is -0.0954. The number of rotatable bonds is 3. The van der Waals surface area contributed by atoms with E-state index < -0.39 is 0 Å². The molecule has 0 bridgehead atoms. The Kier molecular flexibility index (Phi) is 3.41. The first-order valence-corrected chi connectivity index (χ1v) is 9.07. The van der Waals surface area contributed by atoms with Crippen molar-refractivity contribution in [1.29, 1.82) is 0 Å². The molecule has 2 aliphatic rings. The molecule has 1 aliphatic carbocycles. The molecule has 26 heavy (non-hydrogen) atoms. The summed E-state index contributed by atoms with van der Waals surface area (Å²) in [5, 5.41) is 8.92. The summed E-state index contributed by atoms with van der Waals surface area (Å²) in [6.45, 7) is 3.35. The molecule has 1 aromatic carbocycles. The summed E-state index contributed by atoms with van der Waals surface area (Å²) in [6, 6.07) is 9.35. The van der Waals surface area contributed by atoms with E-state index in [1.54, 1.807) is 10.9 Å². The van der Waals surface area contributed by atoms with E-state index in [0.29, 0.717) is 24.6 Å². The standard InChI is InChI=1S/C19H20N6O/c1-13-18-21-17(14-7-8-14)22-25(18)12-11-23(13)19(26)15-5-2-3-6-16(15)24-10-4-9-20-24/h2-6,9-10,13-14H,7-8,11-12H2,1H3/t13-/m1/s1. The van der Waals surface area contributed by atoms with Gasteiger partial charge in [-0.1, -0.05) is 12.1 Å². The van der Waals surface area contributed by atoms with Gasteiger partial charge in [-0.2, -0.15) is 10.2 Å². The Morgan fingerprint density at radius 2 is 2.00 bits per heavy atom. The molecule has 1 aliphatic heterocycles. The van der Waals surface area contributed by atoms with Crippen molar-refractivity contribution in [2.45, 2.75) is 38.3 Å². The summed E-state index contributed by atoms with van der Waals surface area (Å²) < 4.78 is 3.71. The van der Waals surface area contributed by atoms with Crippen LogP contribution in [0.15, 0.2) is 42.7 Å². The van der Waals surface area contributed by atoms with E-state index in [-0.39, 0.29) is 11.9 Å². The molecule has 3 heterocycles. The van der Waals surface area contributed by atoms with E-state index >= 15 is 0 Å². The molecule has 1 fully saturated rings. The van der Waals surface area contributed by atoms with Crippen LogP contribution in [0.1, 0.15) is 53.7 Å². The summed E-state index contributed by atoms with van der Waals surface area (Å²) in [4.78, 5) is 19.9. The second-order valence-corrected chi connectivity index (χ2v) is 6.97. The molecule has 3 aromatic rings. The van der Waals surface area contributed by atoms with Crippen molar-refractivity contribution >= 4 is 5.91 Å². The van der Waals surface area contributed by atoms with Crippen LogP contribution in [-0.2, 0) is 6.54 Å². The fraction of sp³-hybridized carbons (Fsp3) is 0.368. The lowest BCUT2D eigenvalue weighted by atomic mass is 10.1. The van der Waals surface area contributed by atoms with Crippen LogP contribution in [0.5, 0.6) is 0 Å². The Morgan fingerprint density at radius 1 is 1.15 bits per heavy atom. The van der Waals surface area contributed by atoms with Crippen LogP contribution < -0.4 is 0 Å². The number of aromatic nitrogens is 5. The van der Waals surface area contributed by atoms with E-state index in [0.717, 1.165) is 17.3 Å². The van der Waals surface area contributed by atoms with Gasteiger partial charge in [-0.15, -0.1) is 0 Å². The van der Waals surface area contributed by atoms with E-state index in [4.69, 9.17) is 4.98 Å². The maximum atomic E-state index is 13.3. The summed E-state index contributed by atoms with van der Waals surface area (Å²) in [5.41, 5.74) is 1.44. The van der Waals surface area contributed by atoms with Crippen LogP contribution in [0.4, 0.5) is 0 Å². The van der Waals surface area contributed by atoms with Gasteiger partial charge in [0.1, 0.15) is 5.82 Å². The van der Waals surface area contributed by atoms with Gasteiger partial charge >= 0.3 is 0 Å². The SMILES string of the molecule is C[C@@H]1c2nc(C3CC3)nn2CCN1C(=O)c1ccccc1-n1cccn1. The summed E-state index contributed by atoms with van der Waals surface area (Å²) >= 11 is 0. The minimum Gasteiger partial charge on any atom is -0.327 e. The van der Waals surface area contributed by atoms with Gasteiger partial charge < -0.3 is 4.90 Å². The Labute approximate surface area is 151 Å². The molecule has 0 N–H and O–H groups in total. The second-order valence-electron chi connectivity index (χ2n) is 6.97. The van der Waals surface area contributed by atoms with Crippen LogP contribution in [0.2, 0.25) is 0 Å². The molecule has 0 unspecified atom stereocenters. The zero-order valence-electron chi connectivity index (χ0n) is 14.6. The number of hydrogen-bond acceptors (Lipinski definition) is 4. The lowest BCUT2D eigenvalue weighted by Gasteiger charge is -2.33. The third-order valence-electron chi connectivity index (χ3n) is 5.20. The average Bonchev–Trinajstić information content (AvgIpc) is 3.19. The Morgan fingerprint density at radius 3 is 2.77 bits per heavy atom. The molecular weight excluding hydrogens is 328 g/mol. The molecular formula is C19H20N6O. The molecule has 0 spiro atoms. The zero-order chi connectivity index (χ0) is 17.7. The van der Waals surface area contributed by atoms with Gasteiger partial charge in [-0.05, 0) is 38.0 Å². The zero-order valence-corrected chi connectivity index (χ0v) is 14.6. The predicted octanol–water partition coefficient (Wildman–Crippen LogP) is 2.56. The van der Waals surface area contributed by atoms with Crippen molar-refractivity contribution in [3.05, 3.63) is 59.9 Å². The molecule has 132 valence electrons. The van der Waals surface area contributed by atoms with E-state index in [2.05, 4.69) is 10.2 Å². The van der Waals surface area contributed by atoms with Crippen molar-refractivity contribution < 1.29 is 4.79 Å². The minimum absolute atomic E-state index is 0.00539. The van der Waals surface area contributed by atoms with Crippen molar-refractivity contribution in [2.75, 3.05) is 6.54 Å². The smallest absolute Gasteiger partial charge is 0.256 e. The molecule has 1 amide bonds. The molecule has 7 nitrogen and oxygen atoms in total. The van der Waals surface area contributed by atoms with Gasteiger partial charge in [0, 0.05) is 24.9 Å². The molecule has 1 saturated carbocycles. The summed E-state index contributed by atoms with van der Waals surface area (Å²) in [7, 11) is 0. The van der Waals surface area contributed by atoms with Crippen molar-refractivity contribution in [3.8, 4) is 5.69 Å². The van der Waals surface area contributed by atoms with Gasteiger partial charge in [0.05, 0.1) is 23.8 Å². The van der Waals surface area contributed by atoms with E-state index in [9.17, 15) is 4.79 Å². The van der Waals surface area contributed by atoms with E-state index in [1.165, 1.54) is 12.8 Å². The van der Waals surface area contributed by atoms with Crippen LogP contribution in [0.25, 0.3) is 5.69 Å². The number of amides is 1. The number of benzene rings is 1. The maximum absolute atomic E-state index is 13.3. The highest BCUT2D eigenvalue weighted by Crippen LogP contribution is 2.39. The first-order valence-electron chi connectivity index (χ1n) is 9.07. The number of carbonyl (C=O) groups is 1. The normalized spacial score (nSPS) is 19.4. The number of hydrogen-bond donors (Lipinski definition) is 0. The first-order chi connectivity index (χ1) is 12.7. The highest BCUT2D eigenvalue weighted by Gasteiger charge is 2.35. The third kappa shape index (κ3) is 2.42. The molecule has 0 saturated heterocycles. The van der Waals surface area contributed by atoms with Crippen LogP contribution in [0.3, 0.4) is 0 Å². The maximum Gasteiger partial charge on any atom is 0.256 e. The average molecular weight is 348 g/mol. The second kappa shape index (κ2) is 5.79. The Balaban J connectivity index is 1.48. The number of nitrogens with zero attached hydrogens (tertiary/aromatic N) is 6. The monoisotopic (exact) mass is 348 g/mol. The molecule has 2 aromatic heterocycles. The lowest BCUT2D eigenvalue weighted by Crippen LogP contribution is -2.41. The van der Waals surface area contributed by atoms with Crippen molar-refractivity contribution in [3.63, 3.8) is 0 Å². The number of fused-ring (bicyclic) bond motifs is 1. The van der Waals surface area contributed by atoms with Gasteiger partial charge in [-0.3, -0.25) is 4.79 Å². The molecule has 1 atom stereocenters. The van der Waals surface area contributed by atoms with E-state index in [1.807, 2.05) is 53.0 Å². The van der Waals surface area contributed by atoms with Gasteiger partial charge in [0.25, 0.3) is 5.91 Å². The van der Waals surface area contributed by atoms with Gasteiger partial charge in [-0.25, -0.2) is 14.3 Å². The Bertz CT molecular complexity index is 956. The quantitative estimate of drug-likeness (QED) is 0.729. The number of para-hydroxylation sites is 1. The molecule has 0 radical (unpaired) electrons. The van der Waals surface area contributed by atoms with Gasteiger partial charge in [0.15, 0.2) is 5.82 Å². The first kappa shape index (κ1) is 15.3. The van der Waals surface area contributed by atoms with Gasteiger partial charge in [0.2, 0.25) is 0 Å². The fourth-order valence-electron chi connectivity index (χ4n) is 3.59.